The monoisotopic (exact) mass is 384 g/mol. The summed E-state index contributed by atoms with van der Waals surface area (Å²) in [4.78, 5) is 3.72. The minimum atomic E-state index is 0.726. The van der Waals surface area contributed by atoms with Crippen molar-refractivity contribution < 1.29 is 4.74 Å². The lowest BCUT2D eigenvalue weighted by molar-refractivity contribution is 0.484. The fourth-order valence-electron chi connectivity index (χ4n) is 4.02. The molecular formula is C26H28N2O. The van der Waals surface area contributed by atoms with Crippen LogP contribution in [0.15, 0.2) is 66.7 Å². The number of aromatic amines is 1. The minimum absolute atomic E-state index is 0.726. The molecule has 0 aliphatic carbocycles. The molecule has 4 rings (SSSR count). The zero-order chi connectivity index (χ0) is 20.2. The minimum Gasteiger partial charge on any atom is -0.457 e. The largest absolute Gasteiger partial charge is 0.457 e. The van der Waals surface area contributed by atoms with Crippen molar-refractivity contribution in [3.8, 4) is 22.8 Å². The average molecular weight is 385 g/mol. The highest BCUT2D eigenvalue weighted by Crippen LogP contribution is 2.39. The molecule has 3 nitrogen and oxygen atoms in total. The van der Waals surface area contributed by atoms with E-state index in [1.807, 2.05) is 42.5 Å². The molecule has 4 aromatic rings. The van der Waals surface area contributed by atoms with Crippen LogP contribution in [0.5, 0.6) is 11.5 Å². The van der Waals surface area contributed by atoms with E-state index in [1.54, 1.807) is 0 Å². The molecule has 0 fully saturated rings. The van der Waals surface area contributed by atoms with Crippen molar-refractivity contribution in [1.82, 2.24) is 4.98 Å². The Morgan fingerprint density at radius 3 is 2.45 bits per heavy atom. The lowest BCUT2D eigenvalue weighted by Gasteiger charge is -2.12. The summed E-state index contributed by atoms with van der Waals surface area (Å²) in [6.45, 7) is 5.06. The number of nitrogens with two attached hydrogens (primary N) is 1. The lowest BCUT2D eigenvalue weighted by Crippen LogP contribution is -1.99. The van der Waals surface area contributed by atoms with Crippen molar-refractivity contribution in [3.05, 3.63) is 83.4 Å². The van der Waals surface area contributed by atoms with Crippen LogP contribution in [0.4, 0.5) is 0 Å². The van der Waals surface area contributed by atoms with Gasteiger partial charge in [-0.3, -0.25) is 0 Å². The van der Waals surface area contributed by atoms with Gasteiger partial charge < -0.3 is 15.5 Å². The first-order valence-electron chi connectivity index (χ1n) is 10.3. The van der Waals surface area contributed by atoms with Crippen LogP contribution in [-0.4, -0.2) is 11.5 Å². The number of para-hydroxylation sites is 2. The number of fused-ring (bicyclic) bond motifs is 1. The molecular weight excluding hydrogens is 356 g/mol. The average Bonchev–Trinajstić information content (AvgIpc) is 3.08. The molecule has 0 spiro atoms. The molecule has 0 radical (unpaired) electrons. The van der Waals surface area contributed by atoms with E-state index in [0.717, 1.165) is 48.6 Å². The molecule has 1 aromatic heterocycles. The molecule has 3 aromatic carbocycles. The highest BCUT2D eigenvalue weighted by atomic mass is 16.5. The van der Waals surface area contributed by atoms with Crippen molar-refractivity contribution in [2.75, 3.05) is 6.54 Å². The summed E-state index contributed by atoms with van der Waals surface area (Å²) in [5.41, 5.74) is 13.1. The Bertz CT molecular complexity index is 1110. The molecule has 1 heterocycles. The van der Waals surface area contributed by atoms with Crippen LogP contribution in [-0.2, 0) is 6.42 Å². The Labute approximate surface area is 172 Å². The van der Waals surface area contributed by atoms with E-state index in [2.05, 4.69) is 43.1 Å². The van der Waals surface area contributed by atoms with Crippen LogP contribution >= 0.6 is 0 Å². The Hall–Kier alpha value is -3.04. The molecule has 0 unspecified atom stereocenters. The number of hydrogen-bond acceptors (Lipinski definition) is 2. The van der Waals surface area contributed by atoms with Gasteiger partial charge >= 0.3 is 0 Å². The highest BCUT2D eigenvalue weighted by Gasteiger charge is 2.18. The molecule has 148 valence electrons. The van der Waals surface area contributed by atoms with E-state index in [0.29, 0.717) is 0 Å². The molecule has 0 aliphatic heterocycles. The number of H-pyrrole nitrogens is 1. The van der Waals surface area contributed by atoms with E-state index in [1.165, 1.54) is 27.6 Å². The van der Waals surface area contributed by atoms with E-state index >= 15 is 0 Å². The van der Waals surface area contributed by atoms with E-state index in [9.17, 15) is 0 Å². The smallest absolute Gasteiger partial charge is 0.136 e. The van der Waals surface area contributed by atoms with Crippen molar-refractivity contribution in [3.63, 3.8) is 0 Å². The molecule has 29 heavy (non-hydrogen) atoms. The molecule has 0 aliphatic rings. The summed E-state index contributed by atoms with van der Waals surface area (Å²) in [5, 5.41) is 1.31. The van der Waals surface area contributed by atoms with Gasteiger partial charge in [-0.15, -0.1) is 0 Å². The van der Waals surface area contributed by atoms with Gasteiger partial charge in [-0.05, 0) is 81.1 Å². The van der Waals surface area contributed by atoms with E-state index in [4.69, 9.17) is 10.5 Å². The standard InChI is InChI=1S/C26H28N2O/c1-18-16-19(2)25-23(17-18)21(12-8-9-15-27)26(28-25)22-13-6-7-14-24(22)29-20-10-4-3-5-11-20/h3-7,10-11,13-14,16-17,28H,8-9,12,15,27H2,1-2H3. The Balaban J connectivity index is 1.85. The van der Waals surface area contributed by atoms with Gasteiger partial charge in [-0.25, -0.2) is 0 Å². The van der Waals surface area contributed by atoms with Gasteiger partial charge in [0, 0.05) is 16.5 Å². The zero-order valence-electron chi connectivity index (χ0n) is 17.2. The van der Waals surface area contributed by atoms with Crippen LogP contribution in [0, 0.1) is 13.8 Å². The Kier molecular flexibility index (Phi) is 5.68. The van der Waals surface area contributed by atoms with Crippen LogP contribution in [0.3, 0.4) is 0 Å². The molecule has 3 heteroatoms. The van der Waals surface area contributed by atoms with Gasteiger partial charge in [-0.1, -0.05) is 42.0 Å². The first kappa shape index (κ1) is 19.3. The zero-order valence-corrected chi connectivity index (χ0v) is 17.2. The predicted octanol–water partition coefficient (Wildman–Crippen LogP) is 6.53. The number of benzene rings is 3. The second-order valence-electron chi connectivity index (χ2n) is 7.64. The fourth-order valence-corrected chi connectivity index (χ4v) is 4.02. The van der Waals surface area contributed by atoms with Crippen molar-refractivity contribution >= 4 is 10.9 Å². The first-order chi connectivity index (χ1) is 14.2. The number of ether oxygens (including phenoxy) is 1. The number of aromatic nitrogens is 1. The summed E-state index contributed by atoms with van der Waals surface area (Å²) in [5.74, 6) is 1.70. The van der Waals surface area contributed by atoms with Gasteiger partial charge in [0.15, 0.2) is 0 Å². The van der Waals surface area contributed by atoms with Crippen molar-refractivity contribution in [2.45, 2.75) is 33.1 Å². The van der Waals surface area contributed by atoms with Crippen LogP contribution in [0.1, 0.15) is 29.5 Å². The SMILES string of the molecule is Cc1cc(C)c2[nH]c(-c3ccccc3Oc3ccccc3)c(CCCCN)c2c1. The first-order valence-corrected chi connectivity index (χ1v) is 10.3. The second-order valence-corrected chi connectivity index (χ2v) is 7.64. The molecule has 0 bridgehead atoms. The second kappa shape index (κ2) is 8.54. The Morgan fingerprint density at radius 1 is 0.897 bits per heavy atom. The predicted molar refractivity (Wildman–Crippen MR) is 122 cm³/mol. The number of aryl methyl sites for hydroxylation is 3. The van der Waals surface area contributed by atoms with Gasteiger partial charge in [0.05, 0.1) is 5.69 Å². The topological polar surface area (TPSA) is 51.0 Å². The third-order valence-electron chi connectivity index (χ3n) is 5.37. The Morgan fingerprint density at radius 2 is 1.66 bits per heavy atom. The maximum Gasteiger partial charge on any atom is 0.136 e. The molecule has 0 saturated heterocycles. The fraction of sp³-hybridized carbons (Fsp3) is 0.231. The van der Waals surface area contributed by atoms with E-state index in [-0.39, 0.29) is 0 Å². The number of hydrogen-bond donors (Lipinski definition) is 2. The van der Waals surface area contributed by atoms with Crippen molar-refractivity contribution in [2.24, 2.45) is 5.73 Å². The summed E-state index contributed by atoms with van der Waals surface area (Å²) in [6, 6.07) is 22.7. The lowest BCUT2D eigenvalue weighted by atomic mass is 9.98. The number of unbranched alkanes of at least 4 members (excludes halogenated alkanes) is 1. The summed E-state index contributed by atoms with van der Waals surface area (Å²) in [6.07, 6.45) is 3.10. The molecule has 0 atom stereocenters. The molecule has 0 amide bonds. The summed E-state index contributed by atoms with van der Waals surface area (Å²) >= 11 is 0. The summed E-state index contributed by atoms with van der Waals surface area (Å²) < 4.78 is 6.25. The number of rotatable bonds is 7. The highest BCUT2D eigenvalue weighted by molar-refractivity contribution is 5.94. The third kappa shape index (κ3) is 4.06. The van der Waals surface area contributed by atoms with Gasteiger partial charge in [0.25, 0.3) is 0 Å². The van der Waals surface area contributed by atoms with Gasteiger partial charge in [0.2, 0.25) is 0 Å². The van der Waals surface area contributed by atoms with Gasteiger partial charge in [0.1, 0.15) is 11.5 Å². The molecule has 0 saturated carbocycles. The maximum absolute atomic E-state index is 6.25. The van der Waals surface area contributed by atoms with Crippen molar-refractivity contribution in [1.29, 1.82) is 0 Å². The van der Waals surface area contributed by atoms with Crippen LogP contribution in [0.25, 0.3) is 22.2 Å². The quantitative estimate of drug-likeness (QED) is 0.356. The molecule has 3 N–H and O–H groups in total. The summed E-state index contributed by atoms with van der Waals surface area (Å²) in [7, 11) is 0. The third-order valence-corrected chi connectivity index (χ3v) is 5.37. The number of nitrogens with one attached hydrogen (secondary N) is 1. The van der Waals surface area contributed by atoms with Gasteiger partial charge in [-0.2, -0.15) is 0 Å². The van der Waals surface area contributed by atoms with E-state index < -0.39 is 0 Å². The maximum atomic E-state index is 6.25. The van der Waals surface area contributed by atoms with Crippen LogP contribution in [0.2, 0.25) is 0 Å². The normalized spacial score (nSPS) is 11.1. The van der Waals surface area contributed by atoms with Crippen LogP contribution < -0.4 is 10.5 Å².